The predicted molar refractivity (Wildman–Crippen MR) is 134 cm³/mol. The Hall–Kier alpha value is -2.19. The molecule has 0 radical (unpaired) electrons. The van der Waals surface area contributed by atoms with Crippen LogP contribution in [0.5, 0.6) is 0 Å². The molecule has 8 heteroatoms. The molecule has 7 nitrogen and oxygen atoms in total. The quantitative estimate of drug-likeness (QED) is 0.430. The Labute approximate surface area is 204 Å². The second-order valence-corrected chi connectivity index (χ2v) is 11.5. The Balaban J connectivity index is 1.53. The zero-order valence-electron chi connectivity index (χ0n) is 20.8. The van der Waals surface area contributed by atoms with Crippen LogP contribution in [-0.2, 0) is 19.6 Å². The third kappa shape index (κ3) is 6.69. The van der Waals surface area contributed by atoms with Crippen LogP contribution in [0.1, 0.15) is 74.5 Å². The van der Waals surface area contributed by atoms with Crippen LogP contribution in [0.4, 0.5) is 0 Å². The summed E-state index contributed by atoms with van der Waals surface area (Å²) in [7, 11) is -3.64. The van der Waals surface area contributed by atoms with Gasteiger partial charge in [-0.15, -0.1) is 0 Å². The van der Waals surface area contributed by atoms with Crippen molar-refractivity contribution in [1.82, 2.24) is 14.9 Å². The van der Waals surface area contributed by atoms with Crippen molar-refractivity contribution in [1.29, 1.82) is 0 Å². The highest BCUT2D eigenvalue weighted by molar-refractivity contribution is 7.89. The lowest BCUT2D eigenvalue weighted by atomic mass is 9.97. The molecule has 2 amide bonds. The Morgan fingerprint density at radius 2 is 1.65 bits per heavy atom. The van der Waals surface area contributed by atoms with Crippen molar-refractivity contribution in [2.75, 3.05) is 19.6 Å². The molecule has 1 aromatic rings. The monoisotopic (exact) mass is 489 g/mol. The third-order valence-electron chi connectivity index (χ3n) is 6.83. The molecule has 188 valence electrons. The van der Waals surface area contributed by atoms with Gasteiger partial charge in [0.2, 0.25) is 10.0 Å². The van der Waals surface area contributed by atoms with E-state index in [1.165, 1.54) is 18.4 Å². The standard InChI is InChI=1S/C26H39N3O4S/c1-19-17-20(2)24(21(3)18-19)34(32,33)29-16-8-7-11-23(29)13-15-28-26(31)25(30)27-14-12-22-9-5-4-6-10-22/h9,17-18,23H,4-8,10-16H2,1-3H3,(H,27,30)(H,28,31)/t23-/m1/s1. The molecule has 1 saturated heterocycles. The first-order valence-electron chi connectivity index (χ1n) is 12.5. The summed E-state index contributed by atoms with van der Waals surface area (Å²) in [4.78, 5) is 24.7. The van der Waals surface area contributed by atoms with Crippen molar-refractivity contribution in [2.45, 2.75) is 89.5 Å². The van der Waals surface area contributed by atoms with Crippen molar-refractivity contribution in [3.05, 3.63) is 40.5 Å². The van der Waals surface area contributed by atoms with Gasteiger partial charge in [-0.25, -0.2) is 8.42 Å². The number of piperidine rings is 1. The Kier molecular flexibility index (Phi) is 9.31. The van der Waals surface area contributed by atoms with E-state index in [1.807, 2.05) is 32.9 Å². The van der Waals surface area contributed by atoms with Crippen LogP contribution in [0.15, 0.2) is 28.7 Å². The summed E-state index contributed by atoms with van der Waals surface area (Å²) in [5.41, 5.74) is 3.91. The summed E-state index contributed by atoms with van der Waals surface area (Å²) in [5.74, 6) is -1.29. The number of nitrogens with zero attached hydrogens (tertiary/aromatic N) is 1. The number of allylic oxidation sites excluding steroid dienone is 1. The number of hydrogen-bond donors (Lipinski definition) is 2. The van der Waals surface area contributed by atoms with Crippen molar-refractivity contribution >= 4 is 21.8 Å². The molecular weight excluding hydrogens is 450 g/mol. The zero-order valence-corrected chi connectivity index (χ0v) is 21.6. The number of sulfonamides is 1. The largest absolute Gasteiger partial charge is 0.348 e. The van der Waals surface area contributed by atoms with E-state index in [2.05, 4.69) is 16.7 Å². The normalized spacial score (nSPS) is 19.4. The molecule has 3 rings (SSSR count). The second-order valence-electron chi connectivity index (χ2n) is 9.65. The predicted octanol–water partition coefficient (Wildman–Crippen LogP) is 3.67. The van der Waals surface area contributed by atoms with Crippen LogP contribution in [-0.4, -0.2) is 50.2 Å². The van der Waals surface area contributed by atoms with Crippen LogP contribution in [0.2, 0.25) is 0 Å². The van der Waals surface area contributed by atoms with Crippen molar-refractivity contribution < 1.29 is 18.0 Å². The average Bonchev–Trinajstić information content (AvgIpc) is 2.79. The second kappa shape index (κ2) is 12.0. The maximum atomic E-state index is 13.6. The zero-order chi connectivity index (χ0) is 24.7. The number of amides is 2. The molecular formula is C26H39N3O4S. The Morgan fingerprint density at radius 3 is 2.29 bits per heavy atom. The summed E-state index contributed by atoms with van der Waals surface area (Å²) in [5, 5.41) is 5.36. The first kappa shape index (κ1) is 26.4. The van der Waals surface area contributed by atoms with Crippen molar-refractivity contribution in [3.8, 4) is 0 Å². The maximum Gasteiger partial charge on any atom is 0.309 e. The number of carbonyl (C=O) groups is 2. The van der Waals surface area contributed by atoms with Crippen molar-refractivity contribution in [3.63, 3.8) is 0 Å². The molecule has 0 aromatic heterocycles. The van der Waals surface area contributed by atoms with Gasteiger partial charge in [0.25, 0.3) is 0 Å². The van der Waals surface area contributed by atoms with Gasteiger partial charge in [0.15, 0.2) is 0 Å². The van der Waals surface area contributed by atoms with Crippen LogP contribution >= 0.6 is 0 Å². The number of aryl methyl sites for hydroxylation is 3. The number of hydrogen-bond acceptors (Lipinski definition) is 4. The molecule has 1 aliphatic heterocycles. The van der Waals surface area contributed by atoms with Gasteiger partial charge in [-0.1, -0.05) is 35.8 Å². The van der Waals surface area contributed by atoms with Crippen molar-refractivity contribution in [2.24, 2.45) is 0 Å². The van der Waals surface area contributed by atoms with Gasteiger partial charge in [-0.05, 0) is 83.3 Å². The Morgan fingerprint density at radius 1 is 0.971 bits per heavy atom. The lowest BCUT2D eigenvalue weighted by molar-refractivity contribution is -0.139. The fraction of sp³-hybridized carbons (Fsp3) is 0.615. The minimum Gasteiger partial charge on any atom is -0.348 e. The highest BCUT2D eigenvalue weighted by atomic mass is 32.2. The van der Waals surface area contributed by atoms with Gasteiger partial charge in [0, 0.05) is 25.7 Å². The Bertz CT molecular complexity index is 1010. The number of rotatable bonds is 8. The summed E-state index contributed by atoms with van der Waals surface area (Å²) < 4.78 is 28.8. The van der Waals surface area contributed by atoms with Gasteiger partial charge in [-0.3, -0.25) is 9.59 Å². The topological polar surface area (TPSA) is 95.6 Å². The van der Waals surface area contributed by atoms with Gasteiger partial charge >= 0.3 is 11.8 Å². The van der Waals surface area contributed by atoms with E-state index in [-0.39, 0.29) is 12.6 Å². The van der Waals surface area contributed by atoms with E-state index < -0.39 is 21.8 Å². The van der Waals surface area contributed by atoms with E-state index in [1.54, 1.807) is 4.31 Å². The van der Waals surface area contributed by atoms with Crippen LogP contribution < -0.4 is 10.6 Å². The first-order valence-corrected chi connectivity index (χ1v) is 14.0. The van der Waals surface area contributed by atoms with E-state index in [0.29, 0.717) is 24.4 Å². The molecule has 0 saturated carbocycles. The lowest BCUT2D eigenvalue weighted by Gasteiger charge is -2.35. The fourth-order valence-corrected chi connectivity index (χ4v) is 7.39. The third-order valence-corrected chi connectivity index (χ3v) is 9.09. The molecule has 2 N–H and O–H groups in total. The lowest BCUT2D eigenvalue weighted by Crippen LogP contribution is -2.46. The minimum atomic E-state index is -3.64. The van der Waals surface area contributed by atoms with Gasteiger partial charge in [0.1, 0.15) is 0 Å². The number of nitrogens with one attached hydrogen (secondary N) is 2. The van der Waals surface area contributed by atoms with Crippen LogP contribution in [0, 0.1) is 20.8 Å². The summed E-state index contributed by atoms with van der Waals surface area (Å²) in [6.07, 6.45) is 10.6. The number of benzene rings is 1. The molecule has 0 bridgehead atoms. The van der Waals surface area contributed by atoms with E-state index in [0.717, 1.165) is 55.2 Å². The van der Waals surface area contributed by atoms with Gasteiger partial charge < -0.3 is 10.6 Å². The van der Waals surface area contributed by atoms with Gasteiger partial charge in [-0.2, -0.15) is 4.31 Å². The van der Waals surface area contributed by atoms with Crippen LogP contribution in [0.25, 0.3) is 0 Å². The van der Waals surface area contributed by atoms with E-state index >= 15 is 0 Å². The summed E-state index contributed by atoms with van der Waals surface area (Å²) in [6.45, 7) is 6.85. The van der Waals surface area contributed by atoms with E-state index in [4.69, 9.17) is 0 Å². The highest BCUT2D eigenvalue weighted by Crippen LogP contribution is 2.31. The maximum absolute atomic E-state index is 13.6. The fourth-order valence-electron chi connectivity index (χ4n) is 5.25. The molecule has 2 aliphatic rings. The molecule has 0 spiro atoms. The van der Waals surface area contributed by atoms with Gasteiger partial charge in [0.05, 0.1) is 4.90 Å². The van der Waals surface area contributed by atoms with Crippen LogP contribution in [0.3, 0.4) is 0 Å². The van der Waals surface area contributed by atoms with E-state index in [9.17, 15) is 18.0 Å². The molecule has 1 aromatic carbocycles. The molecule has 0 unspecified atom stereocenters. The highest BCUT2D eigenvalue weighted by Gasteiger charge is 2.35. The smallest absolute Gasteiger partial charge is 0.309 e. The first-order chi connectivity index (χ1) is 16.2. The summed E-state index contributed by atoms with van der Waals surface area (Å²) >= 11 is 0. The molecule has 34 heavy (non-hydrogen) atoms. The molecule has 1 fully saturated rings. The number of carbonyl (C=O) groups excluding carboxylic acids is 2. The molecule has 1 aliphatic carbocycles. The summed E-state index contributed by atoms with van der Waals surface area (Å²) in [6, 6.07) is 3.62. The SMILES string of the molecule is Cc1cc(C)c(S(=O)(=O)N2CCCC[C@@H]2CCNC(=O)C(=O)NCCC2=CCCCC2)c(C)c1. The average molecular weight is 490 g/mol. The minimum absolute atomic E-state index is 0.194. The molecule has 1 atom stereocenters. The molecule has 1 heterocycles.